The number of nitrogens with two attached hydrogens (primary N) is 1. The lowest BCUT2D eigenvalue weighted by Gasteiger charge is -2.37. The summed E-state index contributed by atoms with van der Waals surface area (Å²) in [6, 6.07) is 0.170. The molecule has 3 rings (SSSR count). The van der Waals surface area contributed by atoms with Gasteiger partial charge in [-0.05, 0) is 69.3 Å². The monoisotopic (exact) mass is 365 g/mol. The number of dihydropyridines is 1. The van der Waals surface area contributed by atoms with Crippen molar-refractivity contribution in [3.8, 4) is 0 Å². The standard InChI is InChI=1S/C19H31N3O2S/c1-25(23,24)14-13-22-11-9-15(10-12-22)18-8-7-17(20)19(21-18)16-5-3-2-4-6-16/h5,7-8,15,19,21H,2-4,6,9-14,20H2,1H3. The number of hydrogen-bond acceptors (Lipinski definition) is 5. The van der Waals surface area contributed by atoms with Crippen LogP contribution in [0, 0.1) is 5.92 Å². The van der Waals surface area contributed by atoms with Crippen LogP contribution in [0.15, 0.2) is 35.2 Å². The molecule has 0 bridgehead atoms. The summed E-state index contributed by atoms with van der Waals surface area (Å²) in [6.45, 7) is 2.58. The molecule has 0 aromatic heterocycles. The Bertz CT molecular complexity index is 671. The molecule has 0 radical (unpaired) electrons. The lowest BCUT2D eigenvalue weighted by Crippen LogP contribution is -2.43. The second kappa shape index (κ2) is 7.96. The minimum absolute atomic E-state index is 0.170. The summed E-state index contributed by atoms with van der Waals surface area (Å²) in [4.78, 5) is 2.27. The third-order valence-corrected chi connectivity index (χ3v) is 6.53. The molecule has 1 aliphatic carbocycles. The van der Waals surface area contributed by atoms with Gasteiger partial charge in [-0.15, -0.1) is 0 Å². The van der Waals surface area contributed by atoms with Gasteiger partial charge in [0.05, 0.1) is 11.8 Å². The summed E-state index contributed by atoms with van der Waals surface area (Å²) in [7, 11) is -2.88. The zero-order valence-corrected chi connectivity index (χ0v) is 16.0. The van der Waals surface area contributed by atoms with Crippen molar-refractivity contribution < 1.29 is 8.42 Å². The van der Waals surface area contributed by atoms with Crippen LogP contribution >= 0.6 is 0 Å². The smallest absolute Gasteiger partial charge is 0.148 e. The van der Waals surface area contributed by atoms with Crippen molar-refractivity contribution in [1.82, 2.24) is 10.2 Å². The molecule has 0 amide bonds. The van der Waals surface area contributed by atoms with Crippen molar-refractivity contribution in [2.75, 3.05) is 31.6 Å². The second-order valence-corrected chi connectivity index (χ2v) is 9.90. The highest BCUT2D eigenvalue weighted by Gasteiger charge is 2.28. The average Bonchev–Trinajstić information content (AvgIpc) is 2.61. The van der Waals surface area contributed by atoms with Crippen LogP contribution in [0.2, 0.25) is 0 Å². The molecule has 0 aromatic rings. The van der Waals surface area contributed by atoms with Gasteiger partial charge in [0.2, 0.25) is 0 Å². The second-order valence-electron chi connectivity index (χ2n) is 7.64. The average molecular weight is 366 g/mol. The molecular weight excluding hydrogens is 334 g/mol. The van der Waals surface area contributed by atoms with Crippen LogP contribution in [-0.4, -0.2) is 51.0 Å². The van der Waals surface area contributed by atoms with E-state index in [-0.39, 0.29) is 11.8 Å². The summed E-state index contributed by atoms with van der Waals surface area (Å²) in [5, 5.41) is 3.70. The van der Waals surface area contributed by atoms with Crippen LogP contribution in [0.25, 0.3) is 0 Å². The van der Waals surface area contributed by atoms with Crippen LogP contribution in [0.5, 0.6) is 0 Å². The molecule has 1 atom stereocenters. The predicted molar refractivity (Wildman–Crippen MR) is 103 cm³/mol. The predicted octanol–water partition coefficient (Wildman–Crippen LogP) is 1.94. The molecule has 2 heterocycles. The van der Waals surface area contributed by atoms with Gasteiger partial charge in [-0.3, -0.25) is 0 Å². The Hall–Kier alpha value is -1.27. The van der Waals surface area contributed by atoms with Gasteiger partial charge in [0.1, 0.15) is 9.84 Å². The van der Waals surface area contributed by atoms with E-state index in [1.54, 1.807) is 0 Å². The van der Waals surface area contributed by atoms with Crippen molar-refractivity contribution in [3.05, 3.63) is 35.2 Å². The van der Waals surface area contributed by atoms with Gasteiger partial charge in [0.15, 0.2) is 0 Å². The van der Waals surface area contributed by atoms with Crippen LogP contribution in [0.3, 0.4) is 0 Å². The molecule has 1 fully saturated rings. The molecule has 3 N–H and O–H groups in total. The number of hydrogen-bond donors (Lipinski definition) is 2. The van der Waals surface area contributed by atoms with Crippen LogP contribution in [0.4, 0.5) is 0 Å². The van der Waals surface area contributed by atoms with E-state index in [2.05, 4.69) is 28.4 Å². The molecule has 5 nitrogen and oxygen atoms in total. The first-order valence-electron chi connectivity index (χ1n) is 9.45. The molecule has 140 valence electrons. The van der Waals surface area contributed by atoms with E-state index < -0.39 is 9.84 Å². The van der Waals surface area contributed by atoms with E-state index in [4.69, 9.17) is 5.73 Å². The van der Waals surface area contributed by atoms with Crippen LogP contribution < -0.4 is 11.1 Å². The van der Waals surface area contributed by atoms with E-state index in [9.17, 15) is 8.42 Å². The molecule has 1 saturated heterocycles. The lowest BCUT2D eigenvalue weighted by atomic mass is 9.87. The highest BCUT2D eigenvalue weighted by molar-refractivity contribution is 7.90. The molecular formula is C19H31N3O2S. The van der Waals surface area contributed by atoms with E-state index in [0.29, 0.717) is 12.5 Å². The Morgan fingerprint density at radius 1 is 1.24 bits per heavy atom. The molecule has 6 heteroatoms. The normalized spacial score (nSPS) is 26.4. The number of likely N-dealkylation sites (tertiary alicyclic amines) is 1. The first-order valence-corrected chi connectivity index (χ1v) is 11.5. The van der Waals surface area contributed by atoms with E-state index in [1.807, 2.05) is 0 Å². The first-order chi connectivity index (χ1) is 11.9. The third kappa shape index (κ3) is 5.11. The van der Waals surface area contributed by atoms with Gasteiger partial charge in [-0.25, -0.2) is 8.42 Å². The minimum atomic E-state index is -2.88. The molecule has 3 aliphatic rings. The first kappa shape index (κ1) is 18.5. The maximum atomic E-state index is 11.3. The van der Waals surface area contributed by atoms with Crippen molar-refractivity contribution >= 4 is 9.84 Å². The number of allylic oxidation sites excluding steroid dienone is 4. The minimum Gasteiger partial charge on any atom is -0.400 e. The van der Waals surface area contributed by atoms with Crippen LogP contribution in [-0.2, 0) is 9.84 Å². The quantitative estimate of drug-likeness (QED) is 0.728. The fraction of sp³-hybridized carbons (Fsp3) is 0.684. The maximum absolute atomic E-state index is 11.3. The van der Waals surface area contributed by atoms with Crippen molar-refractivity contribution in [2.45, 2.75) is 44.6 Å². The maximum Gasteiger partial charge on any atom is 0.148 e. The largest absolute Gasteiger partial charge is 0.400 e. The van der Waals surface area contributed by atoms with Crippen LogP contribution in [0.1, 0.15) is 38.5 Å². The zero-order chi connectivity index (χ0) is 17.9. The molecule has 0 saturated carbocycles. The Labute approximate surface area is 151 Å². The Morgan fingerprint density at radius 2 is 2.00 bits per heavy atom. The van der Waals surface area contributed by atoms with E-state index in [1.165, 1.54) is 36.8 Å². The molecule has 25 heavy (non-hydrogen) atoms. The molecule has 0 spiro atoms. The SMILES string of the molecule is CS(=O)(=O)CCN1CCC(C2=CC=C(N)C(C3=CCCCC3)N2)CC1. The highest BCUT2D eigenvalue weighted by atomic mass is 32.2. The Kier molecular flexibility index (Phi) is 5.89. The zero-order valence-electron chi connectivity index (χ0n) is 15.2. The summed E-state index contributed by atoms with van der Waals surface area (Å²) in [6.07, 6.45) is 14.9. The topological polar surface area (TPSA) is 75.4 Å². The number of nitrogens with one attached hydrogen (secondary N) is 1. The van der Waals surface area contributed by atoms with Gasteiger partial charge in [0, 0.05) is 30.1 Å². The summed E-state index contributed by atoms with van der Waals surface area (Å²) in [5.41, 5.74) is 9.91. The Morgan fingerprint density at radius 3 is 2.64 bits per heavy atom. The number of nitrogens with zero attached hydrogens (tertiary/aromatic N) is 1. The fourth-order valence-corrected chi connectivity index (χ4v) is 4.62. The number of piperidine rings is 1. The lowest BCUT2D eigenvalue weighted by molar-refractivity contribution is 0.204. The highest BCUT2D eigenvalue weighted by Crippen LogP contribution is 2.29. The van der Waals surface area contributed by atoms with Gasteiger partial charge >= 0.3 is 0 Å². The van der Waals surface area contributed by atoms with Gasteiger partial charge < -0.3 is 16.0 Å². The Balaban J connectivity index is 1.55. The fourth-order valence-electron chi connectivity index (χ4n) is 4.03. The summed E-state index contributed by atoms with van der Waals surface area (Å²) < 4.78 is 22.7. The third-order valence-electron chi connectivity index (χ3n) is 5.60. The summed E-state index contributed by atoms with van der Waals surface area (Å²) >= 11 is 0. The van der Waals surface area contributed by atoms with Gasteiger partial charge in [-0.2, -0.15) is 0 Å². The van der Waals surface area contributed by atoms with Crippen molar-refractivity contribution in [3.63, 3.8) is 0 Å². The van der Waals surface area contributed by atoms with Gasteiger partial charge in [-0.1, -0.05) is 6.08 Å². The number of rotatable bonds is 5. The van der Waals surface area contributed by atoms with E-state index >= 15 is 0 Å². The summed E-state index contributed by atoms with van der Waals surface area (Å²) in [5.74, 6) is 0.777. The molecule has 2 aliphatic heterocycles. The van der Waals surface area contributed by atoms with Crippen molar-refractivity contribution in [2.24, 2.45) is 11.7 Å². The van der Waals surface area contributed by atoms with Crippen molar-refractivity contribution in [1.29, 1.82) is 0 Å². The van der Waals surface area contributed by atoms with Gasteiger partial charge in [0.25, 0.3) is 0 Å². The molecule has 0 aromatic carbocycles. The van der Waals surface area contributed by atoms with E-state index in [0.717, 1.165) is 38.0 Å². The number of sulfone groups is 1. The molecule has 1 unspecified atom stereocenters.